The largest absolute Gasteiger partial charge is 0.497 e. The summed E-state index contributed by atoms with van der Waals surface area (Å²) in [6.45, 7) is 7.20. The van der Waals surface area contributed by atoms with Crippen LogP contribution in [-0.4, -0.2) is 22.2 Å². The van der Waals surface area contributed by atoms with Gasteiger partial charge in [0.15, 0.2) is 0 Å². The third-order valence-corrected chi connectivity index (χ3v) is 3.10. The van der Waals surface area contributed by atoms with Crippen LogP contribution in [0.15, 0.2) is 18.2 Å². The summed E-state index contributed by atoms with van der Waals surface area (Å²) in [4.78, 5) is 4.73. The van der Waals surface area contributed by atoms with E-state index in [4.69, 9.17) is 15.5 Å². The van der Waals surface area contributed by atoms with Crippen LogP contribution in [0.1, 0.15) is 33.0 Å². The summed E-state index contributed by atoms with van der Waals surface area (Å²) in [6, 6.07) is 6.03. The van der Waals surface area contributed by atoms with Gasteiger partial charge in [0.05, 0.1) is 18.1 Å². The van der Waals surface area contributed by atoms with E-state index in [0.29, 0.717) is 0 Å². The molecule has 0 fully saturated rings. The molecule has 1 aromatic carbocycles. The van der Waals surface area contributed by atoms with E-state index in [0.717, 1.165) is 42.0 Å². The number of nitrogens with zero attached hydrogens (tertiary/aromatic N) is 2. The predicted molar refractivity (Wildman–Crippen MR) is 78.5 cm³/mol. The van der Waals surface area contributed by atoms with E-state index >= 15 is 0 Å². The molecule has 0 unspecified atom stereocenters. The number of fused-ring (bicyclic) bond motifs is 1. The normalized spacial score (nSPS) is 12.1. The number of methoxy groups -OCH3 is 1. The lowest BCUT2D eigenvalue weighted by atomic mass is 10.0. The molecule has 2 N–H and O–H groups in total. The lowest BCUT2D eigenvalue weighted by molar-refractivity contribution is 0.415. The fourth-order valence-corrected chi connectivity index (χ4v) is 2.30. The summed E-state index contributed by atoms with van der Waals surface area (Å²) in [7, 11) is 1.67. The van der Waals surface area contributed by atoms with Crippen LogP contribution in [-0.2, 0) is 13.0 Å². The molecule has 4 heteroatoms. The molecular weight excluding hydrogens is 238 g/mol. The molecule has 0 aliphatic carbocycles. The Kier molecular flexibility index (Phi) is 3.80. The quantitative estimate of drug-likeness (QED) is 0.900. The Balaban J connectivity index is 2.52. The van der Waals surface area contributed by atoms with E-state index in [-0.39, 0.29) is 5.54 Å². The second kappa shape index (κ2) is 5.21. The third kappa shape index (κ3) is 3.07. The first-order valence-electron chi connectivity index (χ1n) is 6.76. The summed E-state index contributed by atoms with van der Waals surface area (Å²) in [5.41, 5.74) is 8.01. The minimum atomic E-state index is -0.253. The fourth-order valence-electron chi connectivity index (χ4n) is 2.30. The Morgan fingerprint density at radius 2 is 2.11 bits per heavy atom. The number of nitrogens with two attached hydrogens (primary N) is 1. The van der Waals surface area contributed by atoms with Gasteiger partial charge >= 0.3 is 0 Å². The van der Waals surface area contributed by atoms with Crippen molar-refractivity contribution in [2.45, 2.75) is 45.7 Å². The first-order chi connectivity index (χ1) is 8.94. The van der Waals surface area contributed by atoms with Crippen molar-refractivity contribution in [2.75, 3.05) is 7.11 Å². The van der Waals surface area contributed by atoms with Crippen LogP contribution in [0.4, 0.5) is 0 Å². The monoisotopic (exact) mass is 261 g/mol. The maximum Gasteiger partial charge on any atom is 0.121 e. The van der Waals surface area contributed by atoms with Crippen LogP contribution in [0.25, 0.3) is 11.0 Å². The average molecular weight is 261 g/mol. The number of hydrogen-bond donors (Lipinski definition) is 1. The highest BCUT2D eigenvalue weighted by Gasteiger charge is 2.18. The number of ether oxygens (including phenoxy) is 1. The number of imidazole rings is 1. The SMILES string of the molecule is CCCn1c(CC(C)(C)N)nc2cc(OC)ccc21. The molecule has 104 valence electrons. The van der Waals surface area contributed by atoms with Crippen LogP contribution >= 0.6 is 0 Å². The first kappa shape index (κ1) is 13.9. The third-order valence-electron chi connectivity index (χ3n) is 3.10. The minimum Gasteiger partial charge on any atom is -0.497 e. The van der Waals surface area contributed by atoms with Crippen molar-refractivity contribution in [1.29, 1.82) is 0 Å². The zero-order valence-electron chi connectivity index (χ0n) is 12.2. The summed E-state index contributed by atoms with van der Waals surface area (Å²) < 4.78 is 7.53. The van der Waals surface area contributed by atoms with Crippen molar-refractivity contribution in [3.63, 3.8) is 0 Å². The van der Waals surface area contributed by atoms with Crippen molar-refractivity contribution >= 4 is 11.0 Å². The van der Waals surface area contributed by atoms with Crippen molar-refractivity contribution < 1.29 is 4.74 Å². The summed E-state index contributed by atoms with van der Waals surface area (Å²) >= 11 is 0. The van der Waals surface area contributed by atoms with E-state index in [1.165, 1.54) is 0 Å². The highest BCUT2D eigenvalue weighted by Crippen LogP contribution is 2.23. The Bertz CT molecular complexity index is 567. The molecule has 0 saturated heterocycles. The van der Waals surface area contributed by atoms with Crippen molar-refractivity contribution in [2.24, 2.45) is 5.73 Å². The average Bonchev–Trinajstić information content (AvgIpc) is 2.64. The van der Waals surface area contributed by atoms with E-state index in [1.54, 1.807) is 7.11 Å². The highest BCUT2D eigenvalue weighted by atomic mass is 16.5. The van der Waals surface area contributed by atoms with Gasteiger partial charge in [0.2, 0.25) is 0 Å². The maximum absolute atomic E-state index is 6.13. The Labute approximate surface area is 114 Å². The van der Waals surface area contributed by atoms with Gasteiger partial charge in [0, 0.05) is 24.6 Å². The molecule has 2 aromatic rings. The summed E-state index contributed by atoms with van der Waals surface area (Å²) in [6.07, 6.45) is 1.85. The highest BCUT2D eigenvalue weighted by molar-refractivity contribution is 5.77. The van der Waals surface area contributed by atoms with Crippen molar-refractivity contribution in [1.82, 2.24) is 9.55 Å². The van der Waals surface area contributed by atoms with Crippen LogP contribution in [0.5, 0.6) is 5.75 Å². The topological polar surface area (TPSA) is 53.1 Å². The second-order valence-corrected chi connectivity index (χ2v) is 5.70. The van der Waals surface area contributed by atoms with Crippen LogP contribution in [0.3, 0.4) is 0 Å². The molecule has 1 aromatic heterocycles. The molecule has 0 spiro atoms. The minimum absolute atomic E-state index is 0.253. The lowest BCUT2D eigenvalue weighted by Crippen LogP contribution is -2.35. The van der Waals surface area contributed by atoms with Gasteiger partial charge in [-0.05, 0) is 32.4 Å². The molecule has 0 saturated carbocycles. The van der Waals surface area contributed by atoms with Gasteiger partial charge in [-0.25, -0.2) is 4.98 Å². The predicted octanol–water partition coefficient (Wildman–Crippen LogP) is 2.73. The number of rotatable bonds is 5. The number of benzene rings is 1. The Hall–Kier alpha value is -1.55. The van der Waals surface area contributed by atoms with E-state index in [2.05, 4.69) is 17.6 Å². The second-order valence-electron chi connectivity index (χ2n) is 5.70. The number of aromatic nitrogens is 2. The van der Waals surface area contributed by atoms with E-state index in [9.17, 15) is 0 Å². The molecule has 0 bridgehead atoms. The van der Waals surface area contributed by atoms with E-state index in [1.807, 2.05) is 26.0 Å². The van der Waals surface area contributed by atoms with Gasteiger partial charge in [-0.2, -0.15) is 0 Å². The molecule has 0 amide bonds. The molecule has 2 rings (SSSR count). The number of hydrogen-bond acceptors (Lipinski definition) is 3. The molecule has 0 aliphatic heterocycles. The smallest absolute Gasteiger partial charge is 0.121 e. The van der Waals surface area contributed by atoms with Gasteiger partial charge in [0.25, 0.3) is 0 Å². The molecule has 0 aliphatic rings. The first-order valence-corrected chi connectivity index (χ1v) is 6.76. The van der Waals surface area contributed by atoms with Gasteiger partial charge in [-0.15, -0.1) is 0 Å². The number of aryl methyl sites for hydroxylation is 1. The molecule has 0 atom stereocenters. The molecule has 1 heterocycles. The zero-order chi connectivity index (χ0) is 14.0. The maximum atomic E-state index is 6.13. The molecule has 4 nitrogen and oxygen atoms in total. The summed E-state index contributed by atoms with van der Waals surface area (Å²) in [5.74, 6) is 1.89. The lowest BCUT2D eigenvalue weighted by Gasteiger charge is -2.18. The Morgan fingerprint density at radius 1 is 1.37 bits per heavy atom. The molecule has 19 heavy (non-hydrogen) atoms. The zero-order valence-corrected chi connectivity index (χ0v) is 12.2. The standard InChI is InChI=1S/C15H23N3O/c1-5-8-18-13-7-6-11(19-4)9-12(13)17-14(18)10-15(2,3)16/h6-7,9H,5,8,10,16H2,1-4H3. The fraction of sp³-hybridized carbons (Fsp3) is 0.533. The van der Waals surface area contributed by atoms with Crippen LogP contribution < -0.4 is 10.5 Å². The van der Waals surface area contributed by atoms with Crippen molar-refractivity contribution in [3.8, 4) is 5.75 Å². The van der Waals surface area contributed by atoms with Crippen molar-refractivity contribution in [3.05, 3.63) is 24.0 Å². The summed E-state index contributed by atoms with van der Waals surface area (Å²) in [5, 5.41) is 0. The Morgan fingerprint density at radius 3 is 2.68 bits per heavy atom. The molecule has 0 radical (unpaired) electrons. The van der Waals surface area contributed by atoms with Gasteiger partial charge in [-0.3, -0.25) is 0 Å². The molecular formula is C15H23N3O. The van der Waals surface area contributed by atoms with Crippen LogP contribution in [0, 0.1) is 0 Å². The van der Waals surface area contributed by atoms with E-state index < -0.39 is 0 Å². The van der Waals surface area contributed by atoms with Gasteiger partial charge in [-0.1, -0.05) is 6.92 Å². The van der Waals surface area contributed by atoms with Gasteiger partial charge in [0.1, 0.15) is 11.6 Å². The van der Waals surface area contributed by atoms with Gasteiger partial charge < -0.3 is 15.0 Å². The van der Waals surface area contributed by atoms with Crippen LogP contribution in [0.2, 0.25) is 0 Å².